The lowest BCUT2D eigenvalue weighted by Crippen LogP contribution is -2.49. The van der Waals surface area contributed by atoms with E-state index in [0.717, 1.165) is 19.3 Å². The molecule has 3 rings (SSSR count). The van der Waals surface area contributed by atoms with Gasteiger partial charge >= 0.3 is 5.97 Å². The fourth-order valence-corrected chi connectivity index (χ4v) is 4.44. The van der Waals surface area contributed by atoms with Crippen LogP contribution in [0.25, 0.3) is 0 Å². The molecule has 106 valence electrons. The Bertz CT molecular complexity index is 418. The summed E-state index contributed by atoms with van der Waals surface area (Å²) >= 11 is 0. The van der Waals surface area contributed by atoms with E-state index in [2.05, 4.69) is 20.4 Å². The third-order valence-corrected chi connectivity index (χ3v) is 5.50. The molecule has 3 aliphatic rings. The molecule has 2 bridgehead atoms. The maximum Gasteiger partial charge on any atom is 0.334 e. The number of aliphatic hydroxyl groups is 1. The van der Waals surface area contributed by atoms with Gasteiger partial charge in [0.25, 0.3) is 0 Å². The molecule has 19 heavy (non-hydrogen) atoms. The van der Waals surface area contributed by atoms with Gasteiger partial charge in [0, 0.05) is 16.9 Å². The van der Waals surface area contributed by atoms with Crippen molar-refractivity contribution in [2.24, 2.45) is 23.2 Å². The zero-order valence-corrected chi connectivity index (χ0v) is 11.6. The molecule has 1 aliphatic carbocycles. The fourth-order valence-electron chi connectivity index (χ4n) is 4.44. The molecule has 1 saturated carbocycles. The number of aliphatic hydroxyl groups excluding tert-OH is 1. The average molecular weight is 266 g/mol. The number of carbonyl (C=O) groups excluding carboxylic acids is 1. The highest BCUT2D eigenvalue weighted by Crippen LogP contribution is 2.54. The van der Waals surface area contributed by atoms with Crippen LogP contribution in [0.4, 0.5) is 0 Å². The Morgan fingerprint density at radius 3 is 2.95 bits per heavy atom. The lowest BCUT2D eigenvalue weighted by molar-refractivity contribution is -0.240. The summed E-state index contributed by atoms with van der Waals surface area (Å²) in [6.45, 7) is 8.69. The number of ether oxygens (including phenoxy) is 2. The van der Waals surface area contributed by atoms with Crippen LogP contribution >= 0.6 is 0 Å². The number of esters is 1. The minimum atomic E-state index is -0.754. The van der Waals surface area contributed by atoms with Crippen molar-refractivity contribution in [3.8, 4) is 0 Å². The van der Waals surface area contributed by atoms with Gasteiger partial charge in [0.05, 0.1) is 6.61 Å². The molecule has 4 heteroatoms. The van der Waals surface area contributed by atoms with Crippen molar-refractivity contribution in [1.29, 1.82) is 0 Å². The molecule has 0 aromatic rings. The van der Waals surface area contributed by atoms with Gasteiger partial charge in [-0.1, -0.05) is 26.8 Å². The molecule has 2 aliphatic heterocycles. The van der Waals surface area contributed by atoms with Gasteiger partial charge in [0.1, 0.15) is 6.10 Å². The van der Waals surface area contributed by atoms with Gasteiger partial charge in [-0.3, -0.25) is 0 Å². The van der Waals surface area contributed by atoms with Crippen molar-refractivity contribution < 1.29 is 19.4 Å². The lowest BCUT2D eigenvalue weighted by Gasteiger charge is -2.47. The van der Waals surface area contributed by atoms with Gasteiger partial charge in [0.2, 0.25) is 0 Å². The Morgan fingerprint density at radius 1 is 1.53 bits per heavy atom. The quantitative estimate of drug-likeness (QED) is 0.581. The first kappa shape index (κ1) is 13.1. The van der Waals surface area contributed by atoms with E-state index in [1.165, 1.54) is 0 Å². The maximum atomic E-state index is 11.7. The van der Waals surface area contributed by atoms with Crippen LogP contribution in [0.3, 0.4) is 0 Å². The molecule has 0 amide bonds. The van der Waals surface area contributed by atoms with E-state index >= 15 is 0 Å². The Hall–Kier alpha value is -0.870. The molecule has 0 aromatic carbocycles. The first-order valence-electron chi connectivity index (χ1n) is 7.16. The largest absolute Gasteiger partial charge is 0.458 e. The van der Waals surface area contributed by atoms with Crippen molar-refractivity contribution >= 4 is 5.97 Å². The van der Waals surface area contributed by atoms with Gasteiger partial charge < -0.3 is 14.6 Å². The SMILES string of the molecule is C=C1C(=O)O[C@H]2C[C@H]3CO[C@@H](O)[C@@](C)(C[C@H]12)[C@H]3CC. The molecular weight excluding hydrogens is 244 g/mol. The second kappa shape index (κ2) is 4.32. The van der Waals surface area contributed by atoms with E-state index in [1.54, 1.807) is 0 Å². The third kappa shape index (κ3) is 1.77. The van der Waals surface area contributed by atoms with Gasteiger partial charge in [-0.05, 0) is 24.7 Å². The van der Waals surface area contributed by atoms with Crippen molar-refractivity contribution in [3.05, 3.63) is 12.2 Å². The zero-order chi connectivity index (χ0) is 13.8. The van der Waals surface area contributed by atoms with E-state index in [0.29, 0.717) is 24.0 Å². The summed E-state index contributed by atoms with van der Waals surface area (Å²) in [5.74, 6) is 0.537. The first-order chi connectivity index (χ1) is 8.97. The van der Waals surface area contributed by atoms with Crippen molar-refractivity contribution in [3.63, 3.8) is 0 Å². The second-order valence-electron chi connectivity index (χ2n) is 6.48. The zero-order valence-electron chi connectivity index (χ0n) is 11.6. The molecule has 2 saturated heterocycles. The Balaban J connectivity index is 1.98. The molecule has 0 aromatic heterocycles. The van der Waals surface area contributed by atoms with Crippen molar-refractivity contribution in [1.82, 2.24) is 0 Å². The monoisotopic (exact) mass is 266 g/mol. The molecular formula is C15H22O4. The standard InChI is InChI=1S/C15H22O4/c1-4-11-9-5-12-10(8(2)13(16)19-12)6-15(11,3)14(17)18-7-9/h9-12,14,17H,2,4-7H2,1,3H3/t9-,10+,11-,12-,14+,15-/m0/s1. The summed E-state index contributed by atoms with van der Waals surface area (Å²) in [6.07, 6.45) is 1.74. The molecule has 6 atom stereocenters. The molecule has 0 unspecified atom stereocenters. The van der Waals surface area contributed by atoms with Gasteiger partial charge in [-0.25, -0.2) is 4.79 Å². The van der Waals surface area contributed by atoms with E-state index in [9.17, 15) is 9.90 Å². The van der Waals surface area contributed by atoms with Crippen LogP contribution in [0, 0.1) is 23.2 Å². The lowest BCUT2D eigenvalue weighted by atomic mass is 9.65. The van der Waals surface area contributed by atoms with Gasteiger partial charge in [0.15, 0.2) is 6.29 Å². The average Bonchev–Trinajstić information content (AvgIpc) is 2.57. The molecule has 0 radical (unpaired) electrons. The summed E-state index contributed by atoms with van der Waals surface area (Å²) in [7, 11) is 0. The van der Waals surface area contributed by atoms with Crippen LogP contribution in [-0.4, -0.2) is 30.1 Å². The number of rotatable bonds is 1. The molecule has 2 heterocycles. The third-order valence-electron chi connectivity index (χ3n) is 5.50. The Labute approximate surface area is 113 Å². The fraction of sp³-hybridized carbons (Fsp3) is 0.800. The highest BCUT2D eigenvalue weighted by atomic mass is 16.6. The van der Waals surface area contributed by atoms with E-state index in [-0.39, 0.29) is 23.4 Å². The summed E-state index contributed by atoms with van der Waals surface area (Å²) in [5, 5.41) is 10.3. The predicted octanol–water partition coefficient (Wildman–Crippen LogP) is 1.88. The van der Waals surface area contributed by atoms with Crippen molar-refractivity contribution in [2.75, 3.05) is 6.61 Å². The Morgan fingerprint density at radius 2 is 2.26 bits per heavy atom. The normalized spacial score (nSPS) is 49.5. The van der Waals surface area contributed by atoms with Crippen LogP contribution < -0.4 is 0 Å². The molecule has 3 fully saturated rings. The maximum absolute atomic E-state index is 11.7. The minimum Gasteiger partial charge on any atom is -0.458 e. The number of fused-ring (bicyclic) bond motifs is 3. The molecule has 4 nitrogen and oxygen atoms in total. The van der Waals surface area contributed by atoms with Gasteiger partial charge in [-0.2, -0.15) is 0 Å². The number of carbonyl (C=O) groups is 1. The molecule has 0 spiro atoms. The van der Waals surface area contributed by atoms with E-state index in [1.807, 2.05) is 0 Å². The van der Waals surface area contributed by atoms with E-state index < -0.39 is 6.29 Å². The van der Waals surface area contributed by atoms with Crippen LogP contribution in [0.2, 0.25) is 0 Å². The summed E-state index contributed by atoms with van der Waals surface area (Å²) in [6, 6.07) is 0. The first-order valence-corrected chi connectivity index (χ1v) is 7.16. The smallest absolute Gasteiger partial charge is 0.334 e. The molecule has 1 N–H and O–H groups in total. The van der Waals surface area contributed by atoms with Crippen molar-refractivity contribution in [2.45, 2.75) is 45.5 Å². The number of hydrogen-bond donors (Lipinski definition) is 1. The summed E-state index contributed by atoms with van der Waals surface area (Å²) in [5.41, 5.74) is 0.259. The van der Waals surface area contributed by atoms with Crippen LogP contribution in [0.5, 0.6) is 0 Å². The van der Waals surface area contributed by atoms with E-state index in [4.69, 9.17) is 9.47 Å². The topological polar surface area (TPSA) is 55.8 Å². The summed E-state index contributed by atoms with van der Waals surface area (Å²) in [4.78, 5) is 11.7. The summed E-state index contributed by atoms with van der Waals surface area (Å²) < 4.78 is 11.0. The van der Waals surface area contributed by atoms with Crippen LogP contribution in [-0.2, 0) is 14.3 Å². The second-order valence-corrected chi connectivity index (χ2v) is 6.48. The highest BCUT2D eigenvalue weighted by molar-refractivity contribution is 5.90. The number of hydrogen-bond acceptors (Lipinski definition) is 4. The minimum absolute atomic E-state index is 0.0351. The van der Waals surface area contributed by atoms with Crippen LogP contribution in [0.1, 0.15) is 33.1 Å². The predicted molar refractivity (Wildman–Crippen MR) is 69.1 cm³/mol. The van der Waals surface area contributed by atoms with Gasteiger partial charge in [-0.15, -0.1) is 0 Å². The highest BCUT2D eigenvalue weighted by Gasteiger charge is 2.56. The van der Waals surface area contributed by atoms with Crippen LogP contribution in [0.15, 0.2) is 12.2 Å². The Kier molecular flexibility index (Phi) is 2.98.